The summed E-state index contributed by atoms with van der Waals surface area (Å²) in [6.45, 7) is 2.81. The van der Waals surface area contributed by atoms with Crippen molar-refractivity contribution in [2.75, 3.05) is 12.0 Å². The molecule has 1 aliphatic carbocycles. The van der Waals surface area contributed by atoms with Crippen LogP contribution < -0.4 is 11.1 Å². The highest BCUT2D eigenvalue weighted by Gasteiger charge is 2.43. The number of hydrogen-bond donors (Lipinski definition) is 2. The third-order valence-electron chi connectivity index (χ3n) is 5.06. The highest BCUT2D eigenvalue weighted by Crippen LogP contribution is 2.47. The average molecular weight is 366 g/mol. The molecule has 0 unspecified atom stereocenters. The fourth-order valence-electron chi connectivity index (χ4n) is 3.07. The molecule has 2 aromatic heterocycles. The Morgan fingerprint density at radius 1 is 1.22 bits per heavy atom. The number of hydrogen-bond acceptors (Lipinski definition) is 5. The smallest absolute Gasteiger partial charge is 0.227 e. The maximum atomic E-state index is 13.1. The van der Waals surface area contributed by atoms with E-state index in [0.717, 1.165) is 40.9 Å². The normalized spacial score (nSPS) is 14.9. The number of nitrogens with one attached hydrogen (secondary N) is 1. The zero-order valence-corrected chi connectivity index (χ0v) is 15.3. The second-order valence-corrected chi connectivity index (χ2v) is 7.31. The van der Waals surface area contributed by atoms with Crippen molar-refractivity contribution in [1.29, 1.82) is 0 Å². The lowest BCUT2D eigenvalue weighted by atomic mass is 10.1. The van der Waals surface area contributed by atoms with Crippen molar-refractivity contribution >= 4 is 11.6 Å². The molecule has 27 heavy (non-hydrogen) atoms. The van der Waals surface area contributed by atoms with Crippen molar-refractivity contribution in [1.82, 2.24) is 19.7 Å². The van der Waals surface area contributed by atoms with Crippen molar-refractivity contribution < 1.29 is 4.39 Å². The molecule has 7 heteroatoms. The summed E-state index contributed by atoms with van der Waals surface area (Å²) in [5, 5.41) is 7.61. The number of rotatable bonds is 7. The molecule has 1 aromatic carbocycles. The van der Waals surface area contributed by atoms with Crippen LogP contribution in [0, 0.1) is 12.3 Å². The highest BCUT2D eigenvalue weighted by molar-refractivity contribution is 5.64. The second-order valence-electron chi connectivity index (χ2n) is 7.31. The van der Waals surface area contributed by atoms with Crippen LogP contribution in [0.4, 0.5) is 16.0 Å². The molecule has 6 nitrogen and oxygen atoms in total. The van der Waals surface area contributed by atoms with Gasteiger partial charge in [0, 0.05) is 42.1 Å². The van der Waals surface area contributed by atoms with Crippen molar-refractivity contribution in [3.8, 4) is 11.3 Å². The van der Waals surface area contributed by atoms with Gasteiger partial charge < -0.3 is 11.1 Å². The lowest BCUT2D eigenvalue weighted by Gasteiger charge is -2.10. The quantitative estimate of drug-likeness (QED) is 0.668. The molecule has 0 aliphatic heterocycles. The van der Waals surface area contributed by atoms with E-state index in [2.05, 4.69) is 20.4 Å². The van der Waals surface area contributed by atoms with Crippen molar-refractivity contribution in [3.05, 3.63) is 54.0 Å². The molecule has 0 radical (unpaired) electrons. The Morgan fingerprint density at radius 3 is 2.67 bits per heavy atom. The van der Waals surface area contributed by atoms with Gasteiger partial charge in [-0.3, -0.25) is 9.07 Å². The Morgan fingerprint density at radius 2 is 2.00 bits per heavy atom. The minimum absolute atomic E-state index is 0.202. The fourth-order valence-corrected chi connectivity index (χ4v) is 3.07. The summed E-state index contributed by atoms with van der Waals surface area (Å²) in [6.07, 6.45) is 7.37. The zero-order chi connectivity index (χ0) is 18.9. The van der Waals surface area contributed by atoms with Crippen molar-refractivity contribution in [2.45, 2.75) is 32.9 Å². The van der Waals surface area contributed by atoms with Gasteiger partial charge in [-0.25, -0.2) is 9.97 Å². The van der Waals surface area contributed by atoms with Crippen LogP contribution >= 0.6 is 0 Å². The van der Waals surface area contributed by atoms with E-state index < -0.39 is 0 Å². The molecular formula is C20H23FN6. The molecule has 1 fully saturated rings. The zero-order valence-electron chi connectivity index (χ0n) is 15.3. The van der Waals surface area contributed by atoms with Gasteiger partial charge in [0.1, 0.15) is 0 Å². The molecular weight excluding hydrogens is 343 g/mol. The number of anilines is 2. The minimum atomic E-state index is -0.286. The number of aromatic nitrogens is 4. The number of nitrogens with zero attached hydrogens (tertiary/aromatic N) is 4. The Bertz CT molecular complexity index is 930. The van der Waals surface area contributed by atoms with E-state index >= 15 is 0 Å². The molecule has 1 aliphatic rings. The summed E-state index contributed by atoms with van der Waals surface area (Å²) in [5.41, 5.74) is 10.1. The van der Waals surface area contributed by atoms with E-state index in [1.165, 1.54) is 0 Å². The van der Waals surface area contributed by atoms with E-state index in [1.807, 2.05) is 42.1 Å². The van der Waals surface area contributed by atoms with Crippen LogP contribution in [0.2, 0.25) is 0 Å². The predicted molar refractivity (Wildman–Crippen MR) is 103 cm³/mol. The maximum Gasteiger partial charge on any atom is 0.227 e. The summed E-state index contributed by atoms with van der Waals surface area (Å²) in [4.78, 5) is 9.02. The van der Waals surface area contributed by atoms with E-state index in [9.17, 15) is 4.39 Å². The van der Waals surface area contributed by atoms with Crippen molar-refractivity contribution in [2.24, 2.45) is 11.1 Å². The molecule has 0 spiro atoms. The Hall–Kier alpha value is -2.80. The molecule has 0 bridgehead atoms. The minimum Gasteiger partial charge on any atom is -0.326 e. The number of aryl methyl sites for hydroxylation is 1. The largest absolute Gasteiger partial charge is 0.326 e. The highest BCUT2D eigenvalue weighted by atomic mass is 19.1. The van der Waals surface area contributed by atoms with Crippen LogP contribution in [0.3, 0.4) is 0 Å². The van der Waals surface area contributed by atoms with Gasteiger partial charge in [0.2, 0.25) is 5.95 Å². The van der Waals surface area contributed by atoms with Crippen LogP contribution in [-0.4, -0.2) is 26.4 Å². The van der Waals surface area contributed by atoms with Gasteiger partial charge in [0.05, 0.1) is 18.6 Å². The Labute approximate surface area is 157 Å². The SMILES string of the molecule is Cc1cnc(Nc2ccc(CN)cc2)nc1-c1cnn(CC2(CF)CC2)c1. The number of benzene rings is 1. The molecule has 4 rings (SSSR count). The standard InChI is InChI=1S/C20H23FN6/c1-14-9-23-19(25-17-4-2-15(8-22)3-5-17)26-18(14)16-10-24-27(11-16)13-20(12-21)6-7-20/h2-5,9-11H,6-8,12-13,22H2,1H3,(H,23,25,26). The molecule has 0 saturated heterocycles. The van der Waals surface area contributed by atoms with E-state index in [1.54, 1.807) is 12.4 Å². The lowest BCUT2D eigenvalue weighted by Crippen LogP contribution is -2.13. The van der Waals surface area contributed by atoms with E-state index in [0.29, 0.717) is 19.0 Å². The summed E-state index contributed by atoms with van der Waals surface area (Å²) < 4.78 is 15.0. The number of halogens is 1. The Kier molecular flexibility index (Phi) is 4.61. The number of alkyl halides is 1. The van der Waals surface area contributed by atoms with Crippen LogP contribution in [0.1, 0.15) is 24.0 Å². The van der Waals surface area contributed by atoms with E-state index in [-0.39, 0.29) is 12.1 Å². The second kappa shape index (κ2) is 7.08. The first kappa shape index (κ1) is 17.6. The topological polar surface area (TPSA) is 81.7 Å². The van der Waals surface area contributed by atoms with Gasteiger partial charge in [-0.05, 0) is 43.0 Å². The lowest BCUT2D eigenvalue weighted by molar-refractivity contribution is 0.294. The van der Waals surface area contributed by atoms with Gasteiger partial charge in [0.15, 0.2) is 0 Å². The molecule has 2 heterocycles. The Balaban J connectivity index is 1.54. The molecule has 0 atom stereocenters. The molecule has 140 valence electrons. The van der Waals surface area contributed by atoms with Crippen LogP contribution in [0.5, 0.6) is 0 Å². The van der Waals surface area contributed by atoms with Crippen molar-refractivity contribution in [3.63, 3.8) is 0 Å². The first-order chi connectivity index (χ1) is 13.1. The summed E-state index contributed by atoms with van der Waals surface area (Å²) in [7, 11) is 0. The first-order valence-corrected chi connectivity index (χ1v) is 9.09. The third kappa shape index (κ3) is 3.83. The molecule has 0 amide bonds. The fraction of sp³-hybridized carbons (Fsp3) is 0.350. The molecule has 3 N–H and O–H groups in total. The van der Waals surface area contributed by atoms with Gasteiger partial charge in [-0.15, -0.1) is 0 Å². The maximum absolute atomic E-state index is 13.1. The predicted octanol–water partition coefficient (Wildman–Crippen LogP) is 3.60. The van der Waals surface area contributed by atoms with Gasteiger partial charge in [-0.1, -0.05) is 12.1 Å². The van der Waals surface area contributed by atoms with Gasteiger partial charge >= 0.3 is 0 Å². The van der Waals surface area contributed by atoms with Gasteiger partial charge in [-0.2, -0.15) is 5.10 Å². The van der Waals surface area contributed by atoms with Crippen LogP contribution in [0.15, 0.2) is 42.9 Å². The molecule has 1 saturated carbocycles. The first-order valence-electron chi connectivity index (χ1n) is 9.09. The average Bonchev–Trinajstić information content (AvgIpc) is 3.32. The molecule has 3 aromatic rings. The summed E-state index contributed by atoms with van der Waals surface area (Å²) in [5.74, 6) is 0.520. The summed E-state index contributed by atoms with van der Waals surface area (Å²) >= 11 is 0. The van der Waals surface area contributed by atoms with E-state index in [4.69, 9.17) is 5.73 Å². The van der Waals surface area contributed by atoms with Crippen LogP contribution in [0.25, 0.3) is 11.3 Å². The monoisotopic (exact) mass is 366 g/mol. The summed E-state index contributed by atoms with van der Waals surface area (Å²) in [6, 6.07) is 7.85. The third-order valence-corrected chi connectivity index (χ3v) is 5.06. The van der Waals surface area contributed by atoms with Crippen LogP contribution in [-0.2, 0) is 13.1 Å². The van der Waals surface area contributed by atoms with Gasteiger partial charge in [0.25, 0.3) is 0 Å². The number of nitrogens with two attached hydrogens (primary N) is 1.